The van der Waals surface area contributed by atoms with Crippen molar-refractivity contribution in [3.05, 3.63) is 35.1 Å². The van der Waals surface area contributed by atoms with Gasteiger partial charge in [0.05, 0.1) is 0 Å². The molecule has 4 heteroatoms. The summed E-state index contributed by atoms with van der Waals surface area (Å²) in [6, 6.07) is 4.29. The highest BCUT2D eigenvalue weighted by atomic mass is 19.1. The standard InChI is InChI=1S/C16H25FN2O/c1-5-8-19(11-16(3,4)10-18)15(20)14-7-6-13(17)9-12(14)2/h6-7,9H,5,8,10-11,18H2,1-4H3. The summed E-state index contributed by atoms with van der Waals surface area (Å²) in [5.74, 6) is -0.366. The third kappa shape index (κ3) is 4.30. The molecule has 0 aromatic heterocycles. The van der Waals surface area contributed by atoms with Gasteiger partial charge in [0.2, 0.25) is 0 Å². The van der Waals surface area contributed by atoms with Crippen molar-refractivity contribution in [3.8, 4) is 0 Å². The molecular formula is C16H25FN2O. The predicted octanol–water partition coefficient (Wildman–Crippen LogP) is 2.97. The molecule has 0 atom stereocenters. The normalized spacial score (nSPS) is 11.5. The molecule has 0 radical (unpaired) electrons. The van der Waals surface area contributed by atoms with E-state index in [0.29, 0.717) is 30.8 Å². The van der Waals surface area contributed by atoms with E-state index in [0.717, 1.165) is 6.42 Å². The molecule has 112 valence electrons. The molecule has 1 aromatic rings. The van der Waals surface area contributed by atoms with E-state index < -0.39 is 0 Å². The van der Waals surface area contributed by atoms with Gasteiger partial charge in [0.1, 0.15) is 5.82 Å². The summed E-state index contributed by atoms with van der Waals surface area (Å²) >= 11 is 0. The van der Waals surface area contributed by atoms with Gasteiger partial charge in [-0.1, -0.05) is 20.8 Å². The van der Waals surface area contributed by atoms with Crippen molar-refractivity contribution in [1.29, 1.82) is 0 Å². The lowest BCUT2D eigenvalue weighted by Crippen LogP contribution is -2.42. The molecule has 1 amide bonds. The van der Waals surface area contributed by atoms with Gasteiger partial charge in [0.15, 0.2) is 0 Å². The molecule has 0 heterocycles. The third-order valence-electron chi connectivity index (χ3n) is 3.37. The van der Waals surface area contributed by atoms with Crippen LogP contribution in [-0.2, 0) is 0 Å². The molecular weight excluding hydrogens is 255 g/mol. The number of rotatable bonds is 6. The number of benzene rings is 1. The first-order valence-electron chi connectivity index (χ1n) is 7.06. The van der Waals surface area contributed by atoms with Gasteiger partial charge in [0, 0.05) is 18.7 Å². The second-order valence-electron chi connectivity index (χ2n) is 6.05. The predicted molar refractivity (Wildman–Crippen MR) is 80.2 cm³/mol. The molecule has 20 heavy (non-hydrogen) atoms. The second kappa shape index (κ2) is 6.84. The van der Waals surface area contributed by atoms with Crippen LogP contribution in [0.4, 0.5) is 4.39 Å². The highest BCUT2D eigenvalue weighted by Crippen LogP contribution is 2.19. The number of carbonyl (C=O) groups is 1. The number of nitrogens with two attached hydrogens (primary N) is 1. The Morgan fingerprint density at radius 3 is 2.55 bits per heavy atom. The zero-order valence-electron chi connectivity index (χ0n) is 12.9. The third-order valence-corrected chi connectivity index (χ3v) is 3.37. The fraction of sp³-hybridized carbons (Fsp3) is 0.562. The largest absolute Gasteiger partial charge is 0.338 e. The highest BCUT2D eigenvalue weighted by molar-refractivity contribution is 5.95. The van der Waals surface area contributed by atoms with Crippen LogP contribution in [0.25, 0.3) is 0 Å². The van der Waals surface area contributed by atoms with Crippen LogP contribution in [0.2, 0.25) is 0 Å². The van der Waals surface area contributed by atoms with Crippen LogP contribution in [0, 0.1) is 18.2 Å². The first-order valence-corrected chi connectivity index (χ1v) is 7.06. The van der Waals surface area contributed by atoms with E-state index in [1.807, 2.05) is 25.7 Å². The van der Waals surface area contributed by atoms with Crippen LogP contribution >= 0.6 is 0 Å². The van der Waals surface area contributed by atoms with Crippen molar-refractivity contribution >= 4 is 5.91 Å². The molecule has 1 aromatic carbocycles. The summed E-state index contributed by atoms with van der Waals surface area (Å²) < 4.78 is 13.1. The minimum atomic E-state index is -0.316. The minimum Gasteiger partial charge on any atom is -0.338 e. The minimum absolute atomic E-state index is 0.0501. The molecule has 0 fully saturated rings. The van der Waals surface area contributed by atoms with Crippen molar-refractivity contribution in [2.75, 3.05) is 19.6 Å². The lowest BCUT2D eigenvalue weighted by Gasteiger charge is -2.32. The van der Waals surface area contributed by atoms with Gasteiger partial charge >= 0.3 is 0 Å². The van der Waals surface area contributed by atoms with Gasteiger partial charge < -0.3 is 10.6 Å². The first-order chi connectivity index (χ1) is 9.30. The molecule has 0 aliphatic rings. The molecule has 0 saturated heterocycles. The smallest absolute Gasteiger partial charge is 0.254 e. The van der Waals surface area contributed by atoms with E-state index in [2.05, 4.69) is 0 Å². The van der Waals surface area contributed by atoms with Crippen molar-refractivity contribution in [2.45, 2.75) is 34.1 Å². The number of halogens is 1. The number of hydrogen-bond acceptors (Lipinski definition) is 2. The van der Waals surface area contributed by atoms with Gasteiger partial charge in [-0.15, -0.1) is 0 Å². The molecule has 0 aliphatic heterocycles. The zero-order chi connectivity index (χ0) is 15.3. The highest BCUT2D eigenvalue weighted by Gasteiger charge is 2.24. The molecule has 0 saturated carbocycles. The molecule has 3 nitrogen and oxygen atoms in total. The first kappa shape index (κ1) is 16.6. The van der Waals surface area contributed by atoms with E-state index >= 15 is 0 Å². The fourth-order valence-electron chi connectivity index (χ4n) is 2.14. The van der Waals surface area contributed by atoms with E-state index in [4.69, 9.17) is 5.73 Å². The molecule has 2 N–H and O–H groups in total. The topological polar surface area (TPSA) is 46.3 Å². The van der Waals surface area contributed by atoms with Gasteiger partial charge in [-0.05, 0) is 49.1 Å². The second-order valence-corrected chi connectivity index (χ2v) is 6.05. The van der Waals surface area contributed by atoms with Crippen LogP contribution in [0.5, 0.6) is 0 Å². The van der Waals surface area contributed by atoms with Gasteiger partial charge in [-0.2, -0.15) is 0 Å². The van der Waals surface area contributed by atoms with E-state index in [1.165, 1.54) is 12.1 Å². The SMILES string of the molecule is CCCN(CC(C)(C)CN)C(=O)c1ccc(F)cc1C. The Morgan fingerprint density at radius 2 is 2.05 bits per heavy atom. The van der Waals surface area contributed by atoms with Crippen LogP contribution in [0.15, 0.2) is 18.2 Å². The maximum Gasteiger partial charge on any atom is 0.254 e. The quantitative estimate of drug-likeness (QED) is 0.870. The number of amides is 1. The Balaban J connectivity index is 2.99. The molecule has 0 aliphatic carbocycles. The maximum atomic E-state index is 13.1. The summed E-state index contributed by atoms with van der Waals surface area (Å²) in [7, 11) is 0. The summed E-state index contributed by atoms with van der Waals surface area (Å²) in [5, 5.41) is 0. The van der Waals surface area contributed by atoms with Crippen LogP contribution < -0.4 is 5.73 Å². The monoisotopic (exact) mass is 280 g/mol. The molecule has 1 rings (SSSR count). The van der Waals surface area contributed by atoms with Crippen LogP contribution in [0.3, 0.4) is 0 Å². The lowest BCUT2D eigenvalue weighted by molar-refractivity contribution is 0.0688. The zero-order valence-corrected chi connectivity index (χ0v) is 12.9. The number of nitrogens with zero attached hydrogens (tertiary/aromatic N) is 1. The average Bonchev–Trinajstić information content (AvgIpc) is 2.37. The maximum absolute atomic E-state index is 13.1. The number of carbonyl (C=O) groups excluding carboxylic acids is 1. The summed E-state index contributed by atoms with van der Waals surface area (Å²) in [6.45, 7) is 9.68. The van der Waals surface area contributed by atoms with E-state index in [1.54, 1.807) is 13.0 Å². The number of aryl methyl sites for hydroxylation is 1. The van der Waals surface area contributed by atoms with E-state index in [9.17, 15) is 9.18 Å². The van der Waals surface area contributed by atoms with Gasteiger partial charge in [0.25, 0.3) is 5.91 Å². The molecule has 0 unspecified atom stereocenters. The van der Waals surface area contributed by atoms with Crippen LogP contribution in [-0.4, -0.2) is 30.4 Å². The summed E-state index contributed by atoms with van der Waals surface area (Å²) in [5.41, 5.74) is 6.86. The van der Waals surface area contributed by atoms with Crippen molar-refractivity contribution in [2.24, 2.45) is 11.1 Å². The Hall–Kier alpha value is -1.42. The summed E-state index contributed by atoms with van der Waals surface area (Å²) in [4.78, 5) is 14.4. The molecule has 0 spiro atoms. The number of hydrogen-bond donors (Lipinski definition) is 1. The van der Waals surface area contributed by atoms with Gasteiger partial charge in [-0.25, -0.2) is 4.39 Å². The Bertz CT molecular complexity index is 472. The Labute approximate surface area is 121 Å². The van der Waals surface area contributed by atoms with Crippen LogP contribution in [0.1, 0.15) is 43.1 Å². The Kier molecular flexibility index (Phi) is 5.69. The average molecular weight is 280 g/mol. The van der Waals surface area contributed by atoms with Crippen molar-refractivity contribution in [1.82, 2.24) is 4.90 Å². The summed E-state index contributed by atoms with van der Waals surface area (Å²) in [6.07, 6.45) is 0.882. The van der Waals surface area contributed by atoms with Crippen molar-refractivity contribution < 1.29 is 9.18 Å². The fourth-order valence-corrected chi connectivity index (χ4v) is 2.14. The Morgan fingerprint density at radius 1 is 1.40 bits per heavy atom. The van der Waals surface area contributed by atoms with E-state index in [-0.39, 0.29) is 17.1 Å². The molecule has 0 bridgehead atoms. The van der Waals surface area contributed by atoms with Crippen molar-refractivity contribution in [3.63, 3.8) is 0 Å². The lowest BCUT2D eigenvalue weighted by atomic mass is 9.92. The van der Waals surface area contributed by atoms with Gasteiger partial charge in [-0.3, -0.25) is 4.79 Å².